The van der Waals surface area contributed by atoms with E-state index in [2.05, 4.69) is 11.4 Å². The molecular formula is C15H25N3O2. The zero-order chi connectivity index (χ0) is 14.6. The number of nitriles is 1. The average Bonchev–Trinajstić information content (AvgIpc) is 3.00. The maximum atomic E-state index is 12.1. The molecule has 2 aliphatic carbocycles. The van der Waals surface area contributed by atoms with Crippen LogP contribution in [0.3, 0.4) is 0 Å². The molecule has 0 aromatic carbocycles. The summed E-state index contributed by atoms with van der Waals surface area (Å²) in [6, 6.07) is 2.27. The van der Waals surface area contributed by atoms with E-state index in [0.717, 1.165) is 51.5 Å². The van der Waals surface area contributed by atoms with Crippen molar-refractivity contribution < 1.29 is 9.90 Å². The number of rotatable bonds is 5. The summed E-state index contributed by atoms with van der Waals surface area (Å²) >= 11 is 0. The monoisotopic (exact) mass is 279 g/mol. The molecule has 0 saturated heterocycles. The zero-order valence-corrected chi connectivity index (χ0v) is 12.3. The molecule has 5 heteroatoms. The minimum Gasteiger partial charge on any atom is -0.393 e. The number of nitrogens with zero attached hydrogens (tertiary/aromatic N) is 2. The Labute approximate surface area is 120 Å². The maximum Gasteiger partial charge on any atom is 0.235 e. The van der Waals surface area contributed by atoms with Gasteiger partial charge in [-0.15, -0.1) is 0 Å². The minimum atomic E-state index is -0.634. The van der Waals surface area contributed by atoms with Gasteiger partial charge in [-0.2, -0.15) is 5.26 Å². The fourth-order valence-electron chi connectivity index (χ4n) is 3.49. The fraction of sp³-hybridized carbons (Fsp3) is 0.867. The molecular weight excluding hydrogens is 254 g/mol. The lowest BCUT2D eigenvalue weighted by atomic mass is 10.00. The summed E-state index contributed by atoms with van der Waals surface area (Å²) in [4.78, 5) is 14.0. The summed E-state index contributed by atoms with van der Waals surface area (Å²) in [5, 5.41) is 22.0. The molecule has 0 heterocycles. The van der Waals surface area contributed by atoms with Gasteiger partial charge in [0.2, 0.25) is 5.91 Å². The number of aliphatic hydroxyl groups excluding tert-OH is 1. The van der Waals surface area contributed by atoms with Crippen molar-refractivity contribution in [2.45, 2.75) is 56.6 Å². The van der Waals surface area contributed by atoms with Crippen molar-refractivity contribution in [1.82, 2.24) is 10.2 Å². The quantitative estimate of drug-likeness (QED) is 0.788. The topological polar surface area (TPSA) is 76.4 Å². The molecule has 2 fully saturated rings. The first-order valence-electron chi connectivity index (χ1n) is 7.63. The number of carbonyl (C=O) groups excluding carboxylic acids is 1. The summed E-state index contributed by atoms with van der Waals surface area (Å²) in [6.45, 7) is 1.04. The van der Waals surface area contributed by atoms with Gasteiger partial charge in [-0.1, -0.05) is 6.42 Å². The van der Waals surface area contributed by atoms with E-state index >= 15 is 0 Å². The predicted octanol–water partition coefficient (Wildman–Crippen LogP) is 1.03. The second kappa shape index (κ2) is 6.55. The Bertz CT molecular complexity index is 385. The number of likely N-dealkylation sites (N-methyl/N-ethyl adjacent to an activating group) is 1. The van der Waals surface area contributed by atoms with Crippen LogP contribution in [0.25, 0.3) is 0 Å². The van der Waals surface area contributed by atoms with Crippen molar-refractivity contribution in [3.63, 3.8) is 0 Å². The third-order valence-corrected chi connectivity index (χ3v) is 4.63. The van der Waals surface area contributed by atoms with Gasteiger partial charge in [-0.05, 0) is 51.5 Å². The number of amides is 1. The Morgan fingerprint density at radius 1 is 1.40 bits per heavy atom. The summed E-state index contributed by atoms with van der Waals surface area (Å²) in [6.07, 6.45) is 6.32. The SMILES string of the molecule is CN(CC(=O)NC1(C#N)CCCC1)CC1CCCC1O. The number of hydrogen-bond donors (Lipinski definition) is 2. The molecule has 0 spiro atoms. The van der Waals surface area contributed by atoms with E-state index in [1.807, 2.05) is 11.9 Å². The Kier molecular flexibility index (Phi) is 5.00. The molecule has 0 bridgehead atoms. The maximum absolute atomic E-state index is 12.1. The summed E-state index contributed by atoms with van der Waals surface area (Å²) in [5.74, 6) is 0.202. The second-order valence-electron chi connectivity index (χ2n) is 6.40. The summed E-state index contributed by atoms with van der Waals surface area (Å²) < 4.78 is 0. The first-order chi connectivity index (χ1) is 9.54. The molecule has 0 aromatic heterocycles. The van der Waals surface area contributed by atoms with Crippen molar-refractivity contribution >= 4 is 5.91 Å². The van der Waals surface area contributed by atoms with Gasteiger partial charge in [0.15, 0.2) is 0 Å². The first kappa shape index (κ1) is 15.3. The second-order valence-corrected chi connectivity index (χ2v) is 6.40. The van der Waals surface area contributed by atoms with E-state index in [4.69, 9.17) is 0 Å². The minimum absolute atomic E-state index is 0.0802. The van der Waals surface area contributed by atoms with E-state index in [9.17, 15) is 15.2 Å². The van der Waals surface area contributed by atoms with E-state index < -0.39 is 5.54 Å². The lowest BCUT2D eigenvalue weighted by Crippen LogP contribution is -2.49. The van der Waals surface area contributed by atoms with Gasteiger partial charge in [-0.25, -0.2) is 0 Å². The van der Waals surface area contributed by atoms with Gasteiger partial charge in [0.1, 0.15) is 5.54 Å². The highest BCUT2D eigenvalue weighted by molar-refractivity contribution is 5.79. The third-order valence-electron chi connectivity index (χ3n) is 4.63. The van der Waals surface area contributed by atoms with Gasteiger partial charge < -0.3 is 10.4 Å². The molecule has 2 N–H and O–H groups in total. The van der Waals surface area contributed by atoms with Crippen LogP contribution in [-0.4, -0.2) is 47.7 Å². The molecule has 112 valence electrons. The van der Waals surface area contributed by atoms with Crippen LogP contribution in [0.15, 0.2) is 0 Å². The van der Waals surface area contributed by atoms with Crippen LogP contribution in [0.5, 0.6) is 0 Å². The van der Waals surface area contributed by atoms with Gasteiger partial charge in [-0.3, -0.25) is 9.69 Å². The number of nitrogens with one attached hydrogen (secondary N) is 1. The van der Waals surface area contributed by atoms with Crippen LogP contribution in [0.2, 0.25) is 0 Å². The van der Waals surface area contributed by atoms with E-state index in [0.29, 0.717) is 6.54 Å². The van der Waals surface area contributed by atoms with Gasteiger partial charge in [0, 0.05) is 6.54 Å². The number of carbonyl (C=O) groups is 1. The molecule has 2 rings (SSSR count). The molecule has 2 aliphatic rings. The predicted molar refractivity (Wildman–Crippen MR) is 75.8 cm³/mol. The Morgan fingerprint density at radius 3 is 2.65 bits per heavy atom. The van der Waals surface area contributed by atoms with Crippen molar-refractivity contribution in [3.05, 3.63) is 0 Å². The summed E-state index contributed by atoms with van der Waals surface area (Å²) in [7, 11) is 1.90. The molecule has 0 aliphatic heterocycles. The van der Waals surface area contributed by atoms with E-state index in [1.54, 1.807) is 0 Å². The average molecular weight is 279 g/mol. The highest BCUT2D eigenvalue weighted by Crippen LogP contribution is 2.29. The van der Waals surface area contributed by atoms with Crippen LogP contribution in [-0.2, 0) is 4.79 Å². The molecule has 5 nitrogen and oxygen atoms in total. The van der Waals surface area contributed by atoms with Crippen LogP contribution in [0.4, 0.5) is 0 Å². The third kappa shape index (κ3) is 3.71. The van der Waals surface area contributed by atoms with Crippen molar-refractivity contribution in [2.75, 3.05) is 20.1 Å². The Hall–Kier alpha value is -1.12. The van der Waals surface area contributed by atoms with Crippen LogP contribution >= 0.6 is 0 Å². The fourth-order valence-corrected chi connectivity index (χ4v) is 3.49. The Balaban J connectivity index is 1.77. The zero-order valence-electron chi connectivity index (χ0n) is 12.3. The molecule has 1 amide bonds. The lowest BCUT2D eigenvalue weighted by molar-refractivity contribution is -0.123. The molecule has 0 radical (unpaired) electrons. The van der Waals surface area contributed by atoms with Crippen molar-refractivity contribution in [1.29, 1.82) is 5.26 Å². The number of hydrogen-bond acceptors (Lipinski definition) is 4. The summed E-state index contributed by atoms with van der Waals surface area (Å²) in [5.41, 5.74) is -0.634. The van der Waals surface area contributed by atoms with Crippen molar-refractivity contribution in [3.8, 4) is 6.07 Å². The highest BCUT2D eigenvalue weighted by atomic mass is 16.3. The van der Waals surface area contributed by atoms with Crippen LogP contribution in [0.1, 0.15) is 44.9 Å². The van der Waals surface area contributed by atoms with Gasteiger partial charge in [0.05, 0.1) is 18.7 Å². The molecule has 0 aromatic rings. The molecule has 2 atom stereocenters. The standard InChI is InChI=1S/C15H25N3O2/c1-18(9-12-5-4-6-13(12)19)10-14(20)17-15(11-16)7-2-3-8-15/h12-13,19H,2-10H2,1H3,(H,17,20). The van der Waals surface area contributed by atoms with Crippen molar-refractivity contribution in [2.24, 2.45) is 5.92 Å². The van der Waals surface area contributed by atoms with E-state index in [1.165, 1.54) is 0 Å². The number of aliphatic hydroxyl groups is 1. The lowest BCUT2D eigenvalue weighted by Gasteiger charge is -2.26. The van der Waals surface area contributed by atoms with Gasteiger partial charge in [0.25, 0.3) is 0 Å². The largest absolute Gasteiger partial charge is 0.393 e. The van der Waals surface area contributed by atoms with Gasteiger partial charge >= 0.3 is 0 Å². The highest BCUT2D eigenvalue weighted by Gasteiger charge is 2.35. The van der Waals surface area contributed by atoms with Crippen LogP contribution < -0.4 is 5.32 Å². The van der Waals surface area contributed by atoms with Crippen LogP contribution in [0, 0.1) is 17.2 Å². The van der Waals surface area contributed by atoms with E-state index in [-0.39, 0.29) is 17.9 Å². The normalized spacial score (nSPS) is 28.5. The molecule has 2 saturated carbocycles. The first-order valence-corrected chi connectivity index (χ1v) is 7.63. The Morgan fingerprint density at radius 2 is 2.10 bits per heavy atom. The molecule has 20 heavy (non-hydrogen) atoms. The smallest absolute Gasteiger partial charge is 0.235 e. The molecule has 2 unspecified atom stereocenters.